The molecule has 1 aromatic carbocycles. The van der Waals surface area contributed by atoms with Crippen LogP contribution in [0.25, 0.3) is 5.57 Å². The van der Waals surface area contributed by atoms with Crippen molar-refractivity contribution in [3.05, 3.63) is 70.8 Å². The second-order valence-electron chi connectivity index (χ2n) is 7.03. The first-order valence-electron chi connectivity index (χ1n) is 8.89. The summed E-state index contributed by atoms with van der Waals surface area (Å²) >= 11 is 0. The zero-order valence-corrected chi connectivity index (χ0v) is 15.0. The van der Waals surface area contributed by atoms with Crippen LogP contribution >= 0.6 is 0 Å². The van der Waals surface area contributed by atoms with Crippen LogP contribution in [0.4, 0.5) is 0 Å². The third-order valence-electron chi connectivity index (χ3n) is 5.67. The Hall–Kier alpha value is -2.66. The first-order valence-corrected chi connectivity index (χ1v) is 8.89. The summed E-state index contributed by atoms with van der Waals surface area (Å²) in [5.41, 5.74) is 4.09. The molecule has 2 aromatic rings. The maximum absolute atomic E-state index is 13.1. The molecule has 1 fully saturated rings. The van der Waals surface area contributed by atoms with E-state index in [2.05, 4.69) is 10.5 Å². The molecule has 2 unspecified atom stereocenters. The molecule has 1 aromatic heterocycles. The second-order valence-corrected chi connectivity index (χ2v) is 7.03. The minimum atomic E-state index is -0.764. The highest BCUT2D eigenvalue weighted by Crippen LogP contribution is 2.50. The lowest BCUT2D eigenvalue weighted by Gasteiger charge is -2.34. The van der Waals surface area contributed by atoms with Crippen molar-refractivity contribution < 1.29 is 14.4 Å². The Morgan fingerprint density at radius 2 is 2.04 bits per heavy atom. The molecule has 0 saturated carbocycles. The van der Waals surface area contributed by atoms with Crippen LogP contribution in [0.2, 0.25) is 0 Å². The fourth-order valence-corrected chi connectivity index (χ4v) is 4.48. The monoisotopic (exact) mass is 350 g/mol. The molecule has 1 amide bonds. The second kappa shape index (κ2) is 6.25. The van der Waals surface area contributed by atoms with Crippen LogP contribution in [0.1, 0.15) is 35.4 Å². The normalized spacial score (nSPS) is 24.7. The number of aromatic nitrogens is 1. The van der Waals surface area contributed by atoms with E-state index in [1.54, 1.807) is 0 Å². The molecule has 0 bridgehead atoms. The first kappa shape index (κ1) is 16.8. The summed E-state index contributed by atoms with van der Waals surface area (Å²) < 4.78 is 5.33. The molecule has 0 radical (unpaired) electrons. The van der Waals surface area contributed by atoms with Crippen molar-refractivity contribution in [1.82, 2.24) is 10.5 Å². The highest BCUT2D eigenvalue weighted by atomic mass is 16.5. The number of allylic oxidation sites excluding steroid dienone is 4. The van der Waals surface area contributed by atoms with Crippen LogP contribution in [0.15, 0.2) is 52.7 Å². The molecule has 2 N–H and O–H groups in total. The van der Waals surface area contributed by atoms with Crippen molar-refractivity contribution in [1.29, 1.82) is 0 Å². The molecule has 2 aliphatic rings. The number of nitrogens with one attached hydrogen (secondary N) is 1. The molecule has 1 aliphatic heterocycles. The van der Waals surface area contributed by atoms with E-state index >= 15 is 0 Å². The molecule has 5 nitrogen and oxygen atoms in total. The molecule has 26 heavy (non-hydrogen) atoms. The molecule has 1 saturated heterocycles. The lowest BCUT2D eigenvalue weighted by atomic mass is 9.65. The molecule has 134 valence electrons. The summed E-state index contributed by atoms with van der Waals surface area (Å²) in [7, 11) is 0. The average Bonchev–Trinajstić information content (AvgIpc) is 3.13. The van der Waals surface area contributed by atoms with Crippen LogP contribution in [0, 0.1) is 19.8 Å². The Morgan fingerprint density at radius 1 is 1.27 bits per heavy atom. The summed E-state index contributed by atoms with van der Waals surface area (Å²) in [6, 6.07) is 9.78. The average molecular weight is 350 g/mol. The van der Waals surface area contributed by atoms with E-state index in [-0.39, 0.29) is 18.4 Å². The van der Waals surface area contributed by atoms with E-state index in [0.29, 0.717) is 12.8 Å². The smallest absolute Gasteiger partial charge is 0.235 e. The van der Waals surface area contributed by atoms with Crippen molar-refractivity contribution in [3.8, 4) is 0 Å². The number of aryl methyl sites for hydroxylation is 2. The number of aliphatic hydroxyl groups is 1. The Morgan fingerprint density at radius 3 is 2.69 bits per heavy atom. The molecule has 0 spiro atoms. The number of aliphatic hydroxyl groups excluding tert-OH is 1. The van der Waals surface area contributed by atoms with Crippen LogP contribution < -0.4 is 5.32 Å². The van der Waals surface area contributed by atoms with Gasteiger partial charge in [0, 0.05) is 23.8 Å². The Kier molecular flexibility index (Phi) is 4.04. The van der Waals surface area contributed by atoms with Gasteiger partial charge >= 0.3 is 0 Å². The van der Waals surface area contributed by atoms with E-state index in [0.717, 1.165) is 33.9 Å². The van der Waals surface area contributed by atoms with E-state index in [1.807, 2.05) is 56.3 Å². The van der Waals surface area contributed by atoms with Crippen LogP contribution in [0.3, 0.4) is 0 Å². The Balaban J connectivity index is 1.81. The Bertz CT molecular complexity index is 891. The maximum Gasteiger partial charge on any atom is 0.235 e. The molecular weight excluding hydrogens is 328 g/mol. The number of rotatable bonds is 4. The zero-order chi connectivity index (χ0) is 18.3. The number of fused-ring (bicyclic) bond motifs is 1. The summed E-state index contributed by atoms with van der Waals surface area (Å²) in [6.07, 6.45) is 5.11. The standard InChI is InChI=1S/C21H22N2O3/c1-13-19(14(2)26-23-13)15-8-9-18-17(12-15)21(10-11-24,20(25)22-18)16-6-4-3-5-7-16/h3-9,17,24H,10-12H2,1-2H3,(H,22,25). The number of carbonyl (C=O) groups is 1. The number of carbonyl (C=O) groups excluding carboxylic acids is 1. The highest BCUT2D eigenvalue weighted by Gasteiger charge is 2.54. The van der Waals surface area contributed by atoms with Crippen molar-refractivity contribution in [2.75, 3.05) is 6.61 Å². The molecular formula is C21H22N2O3. The van der Waals surface area contributed by atoms with Crippen LogP contribution in [-0.2, 0) is 10.2 Å². The van der Waals surface area contributed by atoms with Gasteiger partial charge in [0.25, 0.3) is 0 Å². The molecule has 5 heteroatoms. The number of nitrogens with zero attached hydrogens (tertiary/aromatic N) is 1. The predicted molar refractivity (Wildman–Crippen MR) is 98.1 cm³/mol. The fourth-order valence-electron chi connectivity index (χ4n) is 4.48. The molecule has 1 aliphatic carbocycles. The van der Waals surface area contributed by atoms with Gasteiger partial charge in [-0.1, -0.05) is 41.6 Å². The SMILES string of the molecule is Cc1noc(C)c1C1=CC=C2NC(=O)C(CCO)(c3ccccc3)C2C1. The minimum absolute atomic E-state index is 0.0394. The largest absolute Gasteiger partial charge is 0.396 e. The van der Waals surface area contributed by atoms with Gasteiger partial charge < -0.3 is 14.9 Å². The predicted octanol–water partition coefficient (Wildman–Crippen LogP) is 3.03. The van der Waals surface area contributed by atoms with Crippen molar-refractivity contribution >= 4 is 11.5 Å². The quantitative estimate of drug-likeness (QED) is 0.889. The topological polar surface area (TPSA) is 75.4 Å². The number of amides is 1. The van der Waals surface area contributed by atoms with E-state index in [1.165, 1.54) is 0 Å². The van der Waals surface area contributed by atoms with Gasteiger partial charge in [0.2, 0.25) is 5.91 Å². The summed E-state index contributed by atoms with van der Waals surface area (Å²) in [6.45, 7) is 3.80. The van der Waals surface area contributed by atoms with Crippen molar-refractivity contribution in [3.63, 3.8) is 0 Å². The van der Waals surface area contributed by atoms with Gasteiger partial charge in [0.15, 0.2) is 0 Å². The molecule has 2 atom stereocenters. The van der Waals surface area contributed by atoms with Gasteiger partial charge in [0.05, 0.1) is 11.1 Å². The van der Waals surface area contributed by atoms with E-state index in [9.17, 15) is 9.90 Å². The maximum atomic E-state index is 13.1. The summed E-state index contributed by atoms with van der Waals surface area (Å²) in [5, 5.41) is 16.9. The third kappa shape index (κ3) is 2.35. The number of hydrogen-bond acceptors (Lipinski definition) is 4. The van der Waals surface area contributed by atoms with E-state index < -0.39 is 5.41 Å². The molecule has 2 heterocycles. The van der Waals surface area contributed by atoms with Gasteiger partial charge in [-0.05, 0) is 43.9 Å². The van der Waals surface area contributed by atoms with Gasteiger partial charge in [-0.3, -0.25) is 4.79 Å². The Labute approximate surface area is 152 Å². The minimum Gasteiger partial charge on any atom is -0.396 e. The fraction of sp³-hybridized carbons (Fsp3) is 0.333. The highest BCUT2D eigenvalue weighted by molar-refractivity contribution is 5.95. The van der Waals surface area contributed by atoms with Gasteiger partial charge in [-0.15, -0.1) is 0 Å². The number of hydrogen-bond donors (Lipinski definition) is 2. The van der Waals surface area contributed by atoms with Gasteiger partial charge in [-0.2, -0.15) is 0 Å². The van der Waals surface area contributed by atoms with Gasteiger partial charge in [-0.25, -0.2) is 0 Å². The summed E-state index contributed by atoms with van der Waals surface area (Å²) in [4.78, 5) is 13.1. The third-order valence-corrected chi connectivity index (χ3v) is 5.67. The van der Waals surface area contributed by atoms with E-state index in [4.69, 9.17) is 4.52 Å². The zero-order valence-electron chi connectivity index (χ0n) is 15.0. The lowest BCUT2D eigenvalue weighted by Crippen LogP contribution is -2.41. The van der Waals surface area contributed by atoms with Crippen molar-refractivity contribution in [2.45, 2.75) is 32.1 Å². The van der Waals surface area contributed by atoms with Crippen LogP contribution in [-0.4, -0.2) is 22.8 Å². The molecule has 4 rings (SSSR count). The summed E-state index contributed by atoms with van der Waals surface area (Å²) in [5.74, 6) is 0.705. The van der Waals surface area contributed by atoms with Gasteiger partial charge in [0.1, 0.15) is 5.76 Å². The first-order chi connectivity index (χ1) is 12.6. The number of benzene rings is 1. The van der Waals surface area contributed by atoms with Crippen LogP contribution in [0.5, 0.6) is 0 Å². The van der Waals surface area contributed by atoms with Crippen molar-refractivity contribution in [2.24, 2.45) is 5.92 Å². The lowest BCUT2D eigenvalue weighted by molar-refractivity contribution is -0.125.